The normalized spacial score (nSPS) is 19.6. The number of fused-ring (bicyclic) bond motifs is 1. The highest BCUT2D eigenvalue weighted by atomic mass is 35.5. The van der Waals surface area contributed by atoms with Crippen LogP contribution in [0.2, 0.25) is 5.02 Å². The van der Waals surface area contributed by atoms with Gasteiger partial charge in [0, 0.05) is 24.3 Å². The molecule has 0 saturated heterocycles. The van der Waals surface area contributed by atoms with Crippen LogP contribution in [0.25, 0.3) is 0 Å². The zero-order chi connectivity index (χ0) is 17.3. The predicted octanol–water partition coefficient (Wildman–Crippen LogP) is 4.65. The molecule has 3 rings (SSSR count). The molecule has 4 nitrogen and oxygen atoms in total. The number of para-hydroxylation sites is 1. The molecule has 0 fully saturated rings. The van der Waals surface area contributed by atoms with E-state index in [4.69, 9.17) is 16.3 Å². The van der Waals surface area contributed by atoms with E-state index >= 15 is 0 Å². The molecule has 1 heterocycles. The number of hydrogen-bond donors (Lipinski definition) is 1. The Labute approximate surface area is 147 Å². The molecule has 2 atom stereocenters. The summed E-state index contributed by atoms with van der Waals surface area (Å²) in [5.41, 5.74) is 3.03. The first kappa shape index (κ1) is 16.7. The van der Waals surface area contributed by atoms with E-state index in [2.05, 4.69) is 18.3 Å². The molecule has 0 radical (unpaired) electrons. The van der Waals surface area contributed by atoms with Gasteiger partial charge >= 0.3 is 0 Å². The molecular formula is C19H21ClN2O2. The maximum Gasteiger partial charge on any atom is 0.224 e. The van der Waals surface area contributed by atoms with Crippen LogP contribution in [-0.2, 0) is 4.79 Å². The number of anilines is 2. The number of hydrogen-bond acceptors (Lipinski definition) is 3. The number of rotatable bonds is 3. The van der Waals surface area contributed by atoms with Gasteiger partial charge in [-0.1, -0.05) is 29.8 Å². The van der Waals surface area contributed by atoms with Crippen molar-refractivity contribution in [2.45, 2.75) is 32.4 Å². The summed E-state index contributed by atoms with van der Waals surface area (Å²) in [5, 5.41) is 4.12. The number of carbonyl (C=O) groups is 1. The van der Waals surface area contributed by atoms with Gasteiger partial charge in [-0.05, 0) is 43.2 Å². The Hall–Kier alpha value is -2.20. The maximum absolute atomic E-state index is 12.0. The summed E-state index contributed by atoms with van der Waals surface area (Å²) in [4.78, 5) is 13.9. The number of nitrogens with zero attached hydrogens (tertiary/aromatic N) is 1. The highest BCUT2D eigenvalue weighted by Crippen LogP contribution is 2.39. The van der Waals surface area contributed by atoms with Crippen LogP contribution in [0.3, 0.4) is 0 Å². The minimum absolute atomic E-state index is 0.0703. The zero-order valence-corrected chi connectivity index (χ0v) is 14.8. The summed E-state index contributed by atoms with van der Waals surface area (Å²) < 4.78 is 5.20. The summed E-state index contributed by atoms with van der Waals surface area (Å²) in [7, 11) is 1.60. The van der Waals surface area contributed by atoms with Crippen LogP contribution in [-0.4, -0.2) is 19.1 Å². The van der Waals surface area contributed by atoms with Gasteiger partial charge in [0.15, 0.2) is 0 Å². The number of nitrogens with one attached hydrogen (secondary N) is 1. The van der Waals surface area contributed by atoms with Crippen molar-refractivity contribution in [3.63, 3.8) is 0 Å². The van der Waals surface area contributed by atoms with E-state index < -0.39 is 0 Å². The number of amides is 1. The van der Waals surface area contributed by atoms with Crippen LogP contribution in [0.4, 0.5) is 11.4 Å². The number of ether oxygens (including phenoxy) is 1. The highest BCUT2D eigenvalue weighted by molar-refractivity contribution is 6.32. The van der Waals surface area contributed by atoms with Crippen molar-refractivity contribution in [3.8, 4) is 5.75 Å². The van der Waals surface area contributed by atoms with Crippen LogP contribution in [0.15, 0.2) is 42.5 Å². The Balaban J connectivity index is 1.93. The molecule has 0 aromatic heterocycles. The molecule has 1 amide bonds. The summed E-state index contributed by atoms with van der Waals surface area (Å²) in [6, 6.07) is 14.0. The van der Waals surface area contributed by atoms with Gasteiger partial charge in [-0.25, -0.2) is 0 Å². The molecule has 5 heteroatoms. The van der Waals surface area contributed by atoms with Crippen LogP contribution < -0.4 is 15.0 Å². The molecule has 0 bridgehead atoms. The monoisotopic (exact) mass is 344 g/mol. The second-order valence-electron chi connectivity index (χ2n) is 6.08. The van der Waals surface area contributed by atoms with Crippen molar-refractivity contribution >= 4 is 28.9 Å². The van der Waals surface area contributed by atoms with Crippen LogP contribution in [0, 0.1) is 0 Å². The molecule has 126 valence electrons. The van der Waals surface area contributed by atoms with Crippen LogP contribution in [0.5, 0.6) is 5.75 Å². The van der Waals surface area contributed by atoms with Crippen molar-refractivity contribution < 1.29 is 9.53 Å². The third-order valence-electron chi connectivity index (χ3n) is 4.42. The Morgan fingerprint density at radius 1 is 1.29 bits per heavy atom. The largest absolute Gasteiger partial charge is 0.495 e. The quantitative estimate of drug-likeness (QED) is 0.881. The van der Waals surface area contributed by atoms with E-state index in [1.807, 2.05) is 41.3 Å². The molecular weight excluding hydrogens is 324 g/mol. The predicted molar refractivity (Wildman–Crippen MR) is 98.0 cm³/mol. The van der Waals surface area contributed by atoms with E-state index in [0.29, 0.717) is 10.8 Å². The van der Waals surface area contributed by atoms with Crippen molar-refractivity contribution in [1.29, 1.82) is 0 Å². The van der Waals surface area contributed by atoms with Crippen LogP contribution >= 0.6 is 11.6 Å². The van der Waals surface area contributed by atoms with Gasteiger partial charge in [0.2, 0.25) is 5.91 Å². The second-order valence-corrected chi connectivity index (χ2v) is 6.49. The minimum Gasteiger partial charge on any atom is -0.495 e. The average Bonchev–Trinajstić information content (AvgIpc) is 2.54. The van der Waals surface area contributed by atoms with Gasteiger partial charge in [-0.2, -0.15) is 0 Å². The third kappa shape index (κ3) is 3.06. The van der Waals surface area contributed by atoms with Gasteiger partial charge < -0.3 is 15.0 Å². The van der Waals surface area contributed by atoms with Gasteiger partial charge in [0.1, 0.15) is 5.75 Å². The molecule has 1 aliphatic heterocycles. The molecule has 0 spiro atoms. The average molecular weight is 345 g/mol. The summed E-state index contributed by atoms with van der Waals surface area (Å²) in [6.45, 7) is 3.69. The fraction of sp³-hybridized carbons (Fsp3) is 0.316. The lowest BCUT2D eigenvalue weighted by Gasteiger charge is -2.39. The van der Waals surface area contributed by atoms with E-state index in [9.17, 15) is 4.79 Å². The number of methoxy groups -OCH3 is 1. The second kappa shape index (κ2) is 6.73. The Kier molecular flexibility index (Phi) is 4.67. The SMILES string of the molecule is COc1ccc(N[C@H]2C[C@@H](C)N(C(C)=O)c3ccccc32)cc1Cl. The molecule has 2 aromatic rings. The number of benzene rings is 2. The Morgan fingerprint density at radius 2 is 2.04 bits per heavy atom. The molecule has 0 unspecified atom stereocenters. The van der Waals surface area contributed by atoms with Gasteiger partial charge in [0.05, 0.1) is 18.2 Å². The zero-order valence-electron chi connectivity index (χ0n) is 14.0. The highest BCUT2D eigenvalue weighted by Gasteiger charge is 2.32. The smallest absolute Gasteiger partial charge is 0.224 e. The maximum atomic E-state index is 12.0. The van der Waals surface area contributed by atoms with Crippen molar-refractivity contribution in [1.82, 2.24) is 0 Å². The first-order valence-electron chi connectivity index (χ1n) is 8.00. The van der Waals surface area contributed by atoms with E-state index in [1.54, 1.807) is 14.0 Å². The number of carbonyl (C=O) groups excluding carboxylic acids is 1. The third-order valence-corrected chi connectivity index (χ3v) is 4.72. The van der Waals surface area contributed by atoms with Crippen molar-refractivity contribution in [2.24, 2.45) is 0 Å². The van der Waals surface area contributed by atoms with Crippen LogP contribution in [0.1, 0.15) is 31.9 Å². The van der Waals surface area contributed by atoms with Gasteiger partial charge in [-0.15, -0.1) is 0 Å². The fourth-order valence-electron chi connectivity index (χ4n) is 3.39. The van der Waals surface area contributed by atoms with E-state index in [0.717, 1.165) is 23.4 Å². The molecule has 0 saturated carbocycles. The lowest BCUT2D eigenvalue weighted by Crippen LogP contribution is -2.43. The first-order chi connectivity index (χ1) is 11.5. The molecule has 1 aliphatic rings. The summed E-state index contributed by atoms with van der Waals surface area (Å²) in [6.07, 6.45) is 0.834. The van der Waals surface area contributed by atoms with Crippen molar-refractivity contribution in [3.05, 3.63) is 53.1 Å². The van der Waals surface area contributed by atoms with Crippen molar-refractivity contribution in [2.75, 3.05) is 17.3 Å². The van der Waals surface area contributed by atoms with E-state index in [1.165, 1.54) is 0 Å². The Bertz CT molecular complexity index is 763. The molecule has 2 aromatic carbocycles. The lowest BCUT2D eigenvalue weighted by molar-refractivity contribution is -0.117. The minimum atomic E-state index is 0.0703. The lowest BCUT2D eigenvalue weighted by atomic mass is 9.91. The molecule has 1 N–H and O–H groups in total. The topological polar surface area (TPSA) is 41.6 Å². The molecule has 0 aliphatic carbocycles. The van der Waals surface area contributed by atoms with E-state index in [-0.39, 0.29) is 18.0 Å². The Morgan fingerprint density at radius 3 is 2.71 bits per heavy atom. The summed E-state index contributed by atoms with van der Waals surface area (Å²) in [5.74, 6) is 0.725. The fourth-order valence-corrected chi connectivity index (χ4v) is 3.64. The van der Waals surface area contributed by atoms with Gasteiger partial charge in [-0.3, -0.25) is 4.79 Å². The number of halogens is 1. The standard InChI is InChI=1S/C19H21ClN2O2/c1-12-10-17(21-14-8-9-19(24-3)16(20)11-14)15-6-4-5-7-18(15)22(12)13(2)23/h4-9,11-12,17,21H,10H2,1-3H3/t12-,17+/m1/s1. The molecule has 24 heavy (non-hydrogen) atoms. The summed E-state index contributed by atoms with van der Waals surface area (Å²) >= 11 is 6.22. The van der Waals surface area contributed by atoms with Gasteiger partial charge in [0.25, 0.3) is 0 Å². The first-order valence-corrected chi connectivity index (χ1v) is 8.38.